The Bertz CT molecular complexity index is 366. The molecule has 1 aliphatic heterocycles. The van der Waals surface area contributed by atoms with E-state index < -0.39 is 0 Å². The summed E-state index contributed by atoms with van der Waals surface area (Å²) in [6, 6.07) is 11.4. The first-order valence-corrected chi connectivity index (χ1v) is 8.22. The van der Waals surface area contributed by atoms with E-state index in [2.05, 4.69) is 47.1 Å². The molecule has 2 nitrogen and oxygen atoms in total. The van der Waals surface area contributed by atoms with E-state index in [1.807, 2.05) is 17.8 Å². The summed E-state index contributed by atoms with van der Waals surface area (Å²) in [7, 11) is 0. The van der Waals surface area contributed by atoms with Gasteiger partial charge in [0.2, 0.25) is 0 Å². The maximum absolute atomic E-state index is 3.76. The van der Waals surface area contributed by atoms with Crippen LogP contribution in [0.15, 0.2) is 43.0 Å². The van der Waals surface area contributed by atoms with Gasteiger partial charge in [-0.25, -0.2) is 0 Å². The highest BCUT2D eigenvalue weighted by Gasteiger charge is 2.18. The van der Waals surface area contributed by atoms with Gasteiger partial charge in [-0.15, -0.1) is 6.58 Å². The van der Waals surface area contributed by atoms with Gasteiger partial charge in [0.05, 0.1) is 0 Å². The molecule has 1 fully saturated rings. The van der Waals surface area contributed by atoms with Crippen LogP contribution in [-0.2, 0) is 6.42 Å². The minimum absolute atomic E-state index is 0.598. The number of hydrogen-bond acceptors (Lipinski definition) is 3. The summed E-state index contributed by atoms with van der Waals surface area (Å²) in [4.78, 5) is 2.58. The first-order valence-electron chi connectivity index (χ1n) is 7.07. The first-order chi connectivity index (χ1) is 9.38. The zero-order valence-corrected chi connectivity index (χ0v) is 12.4. The molecule has 0 aromatic heterocycles. The Balaban J connectivity index is 1.72. The molecule has 0 aliphatic carbocycles. The second-order valence-electron chi connectivity index (χ2n) is 5.00. The molecule has 0 radical (unpaired) electrons. The molecule has 3 heteroatoms. The second kappa shape index (κ2) is 8.41. The van der Waals surface area contributed by atoms with Crippen molar-refractivity contribution >= 4 is 11.8 Å². The Morgan fingerprint density at radius 1 is 1.37 bits per heavy atom. The van der Waals surface area contributed by atoms with Crippen molar-refractivity contribution in [1.29, 1.82) is 0 Å². The molecule has 1 aromatic rings. The number of rotatable bonds is 7. The molecule has 104 valence electrons. The molecule has 1 aliphatic rings. The van der Waals surface area contributed by atoms with Crippen molar-refractivity contribution in [2.75, 3.05) is 37.7 Å². The van der Waals surface area contributed by atoms with Crippen molar-refractivity contribution < 1.29 is 0 Å². The Morgan fingerprint density at radius 2 is 2.21 bits per heavy atom. The van der Waals surface area contributed by atoms with E-state index in [1.54, 1.807) is 0 Å². The van der Waals surface area contributed by atoms with E-state index in [4.69, 9.17) is 0 Å². The van der Waals surface area contributed by atoms with Crippen LogP contribution in [0.3, 0.4) is 0 Å². The molecular formula is C16H24N2S. The molecule has 1 N–H and O–H groups in total. The number of benzene rings is 1. The summed E-state index contributed by atoms with van der Waals surface area (Å²) < 4.78 is 0. The monoisotopic (exact) mass is 276 g/mol. The van der Waals surface area contributed by atoms with Crippen LogP contribution in [0.5, 0.6) is 0 Å². The number of thioether (sulfide) groups is 1. The molecule has 1 unspecified atom stereocenters. The van der Waals surface area contributed by atoms with E-state index in [0.717, 1.165) is 18.7 Å². The van der Waals surface area contributed by atoms with Crippen LogP contribution in [-0.4, -0.2) is 48.6 Å². The molecule has 1 saturated heterocycles. The zero-order chi connectivity index (χ0) is 13.3. The Hall–Kier alpha value is -0.770. The van der Waals surface area contributed by atoms with Crippen LogP contribution in [0.4, 0.5) is 0 Å². The van der Waals surface area contributed by atoms with Gasteiger partial charge in [-0.2, -0.15) is 11.8 Å². The average Bonchev–Trinajstić information content (AvgIpc) is 2.45. The van der Waals surface area contributed by atoms with Crippen LogP contribution in [0.1, 0.15) is 5.56 Å². The fraction of sp³-hybridized carbons (Fsp3) is 0.500. The third kappa shape index (κ3) is 5.39. The standard InChI is InChI=1S/C16H24N2S/c1-2-11-19-12-10-18-9-8-17-16(14-18)13-15-6-4-3-5-7-15/h2-7,16-17H,1,8-14H2. The largest absolute Gasteiger partial charge is 0.311 e. The van der Waals surface area contributed by atoms with E-state index in [1.165, 1.54) is 31.0 Å². The van der Waals surface area contributed by atoms with Crippen molar-refractivity contribution in [2.45, 2.75) is 12.5 Å². The second-order valence-corrected chi connectivity index (χ2v) is 6.15. The first kappa shape index (κ1) is 14.6. The van der Waals surface area contributed by atoms with Gasteiger partial charge >= 0.3 is 0 Å². The summed E-state index contributed by atoms with van der Waals surface area (Å²) in [6.07, 6.45) is 3.12. The third-order valence-electron chi connectivity index (χ3n) is 3.45. The van der Waals surface area contributed by atoms with Gasteiger partial charge in [-0.3, -0.25) is 4.90 Å². The predicted molar refractivity (Wildman–Crippen MR) is 85.9 cm³/mol. The summed E-state index contributed by atoms with van der Waals surface area (Å²) in [5, 5.41) is 3.63. The molecular weight excluding hydrogens is 252 g/mol. The zero-order valence-electron chi connectivity index (χ0n) is 11.6. The minimum atomic E-state index is 0.598. The molecule has 0 bridgehead atoms. The maximum atomic E-state index is 3.76. The average molecular weight is 276 g/mol. The van der Waals surface area contributed by atoms with Crippen molar-refractivity contribution in [3.8, 4) is 0 Å². The highest BCUT2D eigenvalue weighted by molar-refractivity contribution is 7.99. The van der Waals surface area contributed by atoms with Crippen molar-refractivity contribution in [3.05, 3.63) is 48.6 Å². The highest BCUT2D eigenvalue weighted by Crippen LogP contribution is 2.09. The lowest BCUT2D eigenvalue weighted by atomic mass is 10.0. The highest BCUT2D eigenvalue weighted by atomic mass is 32.2. The number of nitrogens with one attached hydrogen (secondary N) is 1. The van der Waals surface area contributed by atoms with Crippen LogP contribution < -0.4 is 5.32 Å². The van der Waals surface area contributed by atoms with E-state index in [-0.39, 0.29) is 0 Å². The van der Waals surface area contributed by atoms with Gasteiger partial charge < -0.3 is 5.32 Å². The molecule has 19 heavy (non-hydrogen) atoms. The SMILES string of the molecule is C=CCSCCN1CCNC(Cc2ccccc2)C1. The normalized spacial score (nSPS) is 20.3. The smallest absolute Gasteiger partial charge is 0.0235 e. The van der Waals surface area contributed by atoms with E-state index in [0.29, 0.717) is 6.04 Å². The summed E-state index contributed by atoms with van der Waals surface area (Å²) >= 11 is 1.97. The molecule has 2 rings (SSSR count). The van der Waals surface area contributed by atoms with Gasteiger partial charge in [-0.05, 0) is 12.0 Å². The fourth-order valence-electron chi connectivity index (χ4n) is 2.49. The quantitative estimate of drug-likeness (QED) is 0.608. The van der Waals surface area contributed by atoms with Gasteiger partial charge in [0.1, 0.15) is 0 Å². The summed E-state index contributed by atoms with van der Waals surface area (Å²) in [6.45, 7) is 8.42. The lowest BCUT2D eigenvalue weighted by molar-refractivity contribution is 0.210. The maximum Gasteiger partial charge on any atom is 0.0235 e. The number of nitrogens with zero attached hydrogens (tertiary/aromatic N) is 1. The third-order valence-corrected chi connectivity index (χ3v) is 4.39. The minimum Gasteiger partial charge on any atom is -0.311 e. The lowest BCUT2D eigenvalue weighted by Crippen LogP contribution is -2.52. The lowest BCUT2D eigenvalue weighted by Gasteiger charge is -2.33. The molecule has 1 atom stereocenters. The van der Waals surface area contributed by atoms with Gasteiger partial charge in [0.25, 0.3) is 0 Å². The van der Waals surface area contributed by atoms with Crippen LogP contribution in [0.25, 0.3) is 0 Å². The van der Waals surface area contributed by atoms with Crippen molar-refractivity contribution in [2.24, 2.45) is 0 Å². The van der Waals surface area contributed by atoms with Crippen molar-refractivity contribution in [1.82, 2.24) is 10.2 Å². The van der Waals surface area contributed by atoms with Gasteiger partial charge in [0.15, 0.2) is 0 Å². The summed E-state index contributed by atoms with van der Waals surface area (Å²) in [5.74, 6) is 2.28. The van der Waals surface area contributed by atoms with Gasteiger partial charge in [-0.1, -0.05) is 36.4 Å². The Kier molecular flexibility index (Phi) is 6.48. The molecule has 0 spiro atoms. The number of piperazine rings is 1. The van der Waals surface area contributed by atoms with Crippen LogP contribution in [0.2, 0.25) is 0 Å². The van der Waals surface area contributed by atoms with Crippen LogP contribution >= 0.6 is 11.8 Å². The predicted octanol–water partition coefficient (Wildman–Crippen LogP) is 2.42. The molecule has 1 aromatic carbocycles. The molecule has 0 amide bonds. The van der Waals surface area contributed by atoms with Gasteiger partial charge in [0, 0.05) is 43.7 Å². The number of hydrogen-bond donors (Lipinski definition) is 1. The molecule has 1 heterocycles. The Morgan fingerprint density at radius 3 is 3.00 bits per heavy atom. The van der Waals surface area contributed by atoms with Crippen LogP contribution in [0, 0.1) is 0 Å². The molecule has 0 saturated carbocycles. The summed E-state index contributed by atoms with van der Waals surface area (Å²) in [5.41, 5.74) is 1.43. The Labute approximate surface area is 121 Å². The fourth-order valence-corrected chi connectivity index (χ4v) is 3.21. The van der Waals surface area contributed by atoms with E-state index >= 15 is 0 Å². The topological polar surface area (TPSA) is 15.3 Å². The van der Waals surface area contributed by atoms with E-state index in [9.17, 15) is 0 Å². The van der Waals surface area contributed by atoms with Crippen molar-refractivity contribution in [3.63, 3.8) is 0 Å².